The number of nitrogens with one attached hydrogen (secondary N) is 1. The van der Waals surface area contributed by atoms with Crippen LogP contribution in [0.4, 0.5) is 10.2 Å². The van der Waals surface area contributed by atoms with Crippen LogP contribution in [0.3, 0.4) is 0 Å². The van der Waals surface area contributed by atoms with E-state index in [0.29, 0.717) is 12.4 Å². The molecule has 3 aromatic rings. The van der Waals surface area contributed by atoms with Crippen LogP contribution in [0.25, 0.3) is 21.9 Å². The fourth-order valence-electron chi connectivity index (χ4n) is 4.80. The zero-order valence-electron chi connectivity index (χ0n) is 16.4. The standard InChI is InChI=1S/C22H24FN5O/c1-27-12-19(11-25-27)15-2-3-16-10-24-20(7-17(16)6-15)26-21(29)18-8-22(9-18)13-28(14-22)5-4-23/h2-3,6-7,10-12,18H,4-5,8-9,13-14H2,1H3,(H,24,26,29). The second-order valence-electron chi connectivity index (χ2n) is 8.53. The monoisotopic (exact) mass is 393 g/mol. The molecule has 0 atom stereocenters. The lowest BCUT2D eigenvalue weighted by Crippen LogP contribution is -2.63. The molecular formula is C22H24FN5O. The maximum Gasteiger partial charge on any atom is 0.228 e. The van der Waals surface area contributed by atoms with Gasteiger partial charge in [0.2, 0.25) is 5.91 Å². The van der Waals surface area contributed by atoms with Crippen LogP contribution in [0.15, 0.2) is 42.9 Å². The first-order valence-corrected chi connectivity index (χ1v) is 10.0. The number of aromatic nitrogens is 3. The number of alkyl halides is 1. The molecule has 0 unspecified atom stereocenters. The fraction of sp³-hybridized carbons (Fsp3) is 0.409. The largest absolute Gasteiger partial charge is 0.310 e. The van der Waals surface area contributed by atoms with Crippen LogP contribution in [0.5, 0.6) is 0 Å². The van der Waals surface area contributed by atoms with Crippen LogP contribution < -0.4 is 5.32 Å². The highest BCUT2D eigenvalue weighted by Gasteiger charge is 2.53. The molecule has 0 bridgehead atoms. The van der Waals surface area contributed by atoms with Gasteiger partial charge in [-0.15, -0.1) is 0 Å². The third-order valence-electron chi connectivity index (χ3n) is 6.26. The number of fused-ring (bicyclic) bond motifs is 1. The quantitative estimate of drug-likeness (QED) is 0.723. The first-order chi connectivity index (χ1) is 14.0. The summed E-state index contributed by atoms with van der Waals surface area (Å²) >= 11 is 0. The Morgan fingerprint density at radius 1 is 1.21 bits per heavy atom. The molecule has 1 amide bonds. The predicted molar refractivity (Wildman–Crippen MR) is 110 cm³/mol. The normalized spacial score (nSPS) is 18.6. The summed E-state index contributed by atoms with van der Waals surface area (Å²) < 4.78 is 14.2. The van der Waals surface area contributed by atoms with Gasteiger partial charge < -0.3 is 5.32 Å². The number of pyridine rings is 1. The second kappa shape index (κ2) is 6.91. The van der Waals surface area contributed by atoms with Gasteiger partial charge >= 0.3 is 0 Å². The van der Waals surface area contributed by atoms with Crippen LogP contribution in [-0.4, -0.2) is 51.9 Å². The molecule has 7 heteroatoms. The van der Waals surface area contributed by atoms with E-state index in [4.69, 9.17) is 0 Å². The Labute approximate surface area is 168 Å². The van der Waals surface area contributed by atoms with Gasteiger partial charge in [-0.2, -0.15) is 5.10 Å². The molecule has 150 valence electrons. The van der Waals surface area contributed by atoms with Crippen molar-refractivity contribution in [2.45, 2.75) is 12.8 Å². The van der Waals surface area contributed by atoms with E-state index >= 15 is 0 Å². The Kier molecular flexibility index (Phi) is 4.35. The van der Waals surface area contributed by atoms with E-state index in [1.54, 1.807) is 10.9 Å². The smallest absolute Gasteiger partial charge is 0.228 e. The van der Waals surface area contributed by atoms with E-state index in [2.05, 4.69) is 32.4 Å². The first kappa shape index (κ1) is 18.2. The number of halogens is 1. The fourth-order valence-corrected chi connectivity index (χ4v) is 4.80. The summed E-state index contributed by atoms with van der Waals surface area (Å²) in [5.41, 5.74) is 2.38. The lowest BCUT2D eigenvalue weighted by atomic mass is 9.57. The molecular weight excluding hydrogens is 369 g/mol. The number of aryl methyl sites for hydroxylation is 1. The lowest BCUT2D eigenvalue weighted by Gasteiger charge is -2.58. The van der Waals surface area contributed by atoms with Crippen LogP contribution in [0.2, 0.25) is 0 Å². The maximum atomic E-state index is 12.6. The number of hydrogen-bond acceptors (Lipinski definition) is 4. The van der Waals surface area contributed by atoms with Crippen molar-refractivity contribution in [2.24, 2.45) is 18.4 Å². The van der Waals surface area contributed by atoms with Gasteiger partial charge in [0, 0.05) is 55.9 Å². The highest BCUT2D eigenvalue weighted by molar-refractivity contribution is 5.95. The van der Waals surface area contributed by atoms with E-state index in [0.717, 1.165) is 47.8 Å². The van der Waals surface area contributed by atoms with E-state index in [1.807, 2.05) is 31.6 Å². The van der Waals surface area contributed by atoms with Crippen molar-refractivity contribution in [1.82, 2.24) is 19.7 Å². The minimum Gasteiger partial charge on any atom is -0.310 e. The first-order valence-electron chi connectivity index (χ1n) is 10.0. The maximum absolute atomic E-state index is 12.6. The number of likely N-dealkylation sites (tertiary alicyclic amines) is 1. The molecule has 1 saturated heterocycles. The van der Waals surface area contributed by atoms with Crippen molar-refractivity contribution in [3.63, 3.8) is 0 Å². The van der Waals surface area contributed by atoms with Crippen LogP contribution in [0, 0.1) is 11.3 Å². The molecule has 1 aromatic carbocycles. The summed E-state index contributed by atoms with van der Waals surface area (Å²) in [7, 11) is 1.90. The highest BCUT2D eigenvalue weighted by Crippen LogP contribution is 2.52. The number of benzene rings is 1. The number of nitrogens with zero attached hydrogens (tertiary/aromatic N) is 4. The molecule has 1 saturated carbocycles. The molecule has 2 aliphatic rings. The van der Waals surface area contributed by atoms with Gasteiger partial charge in [-0.05, 0) is 41.3 Å². The van der Waals surface area contributed by atoms with Gasteiger partial charge in [-0.1, -0.05) is 12.1 Å². The summed E-state index contributed by atoms with van der Waals surface area (Å²) in [5.74, 6) is 0.649. The Morgan fingerprint density at radius 2 is 2.03 bits per heavy atom. The van der Waals surface area contributed by atoms with E-state index in [1.165, 1.54) is 0 Å². The number of amides is 1. The molecule has 5 rings (SSSR count). The van der Waals surface area contributed by atoms with Crippen molar-refractivity contribution in [3.8, 4) is 11.1 Å². The van der Waals surface area contributed by atoms with E-state index in [9.17, 15) is 9.18 Å². The average molecular weight is 393 g/mol. The molecule has 1 aliphatic carbocycles. The third-order valence-corrected chi connectivity index (χ3v) is 6.26. The zero-order chi connectivity index (χ0) is 20.0. The number of rotatable bonds is 5. The number of carbonyl (C=O) groups excluding carboxylic acids is 1. The summed E-state index contributed by atoms with van der Waals surface area (Å²) in [6.07, 6.45) is 7.39. The third kappa shape index (κ3) is 3.40. The minimum absolute atomic E-state index is 0.0294. The van der Waals surface area contributed by atoms with Crippen molar-refractivity contribution in [3.05, 3.63) is 42.9 Å². The van der Waals surface area contributed by atoms with Gasteiger partial charge in [-0.3, -0.25) is 14.4 Å². The van der Waals surface area contributed by atoms with Crippen molar-refractivity contribution in [1.29, 1.82) is 0 Å². The van der Waals surface area contributed by atoms with Crippen LogP contribution >= 0.6 is 0 Å². The molecule has 2 fully saturated rings. The van der Waals surface area contributed by atoms with E-state index < -0.39 is 0 Å². The van der Waals surface area contributed by atoms with Gasteiger partial charge in [-0.25, -0.2) is 9.37 Å². The SMILES string of the molecule is Cn1cc(-c2ccc3cnc(NC(=O)C4CC5(C4)CN(CCF)C5)cc3c2)cn1. The number of anilines is 1. The van der Waals surface area contributed by atoms with Gasteiger partial charge in [0.05, 0.1) is 6.20 Å². The molecule has 1 spiro atoms. The molecule has 3 heterocycles. The summed E-state index contributed by atoms with van der Waals surface area (Å²) in [6.45, 7) is 2.06. The second-order valence-corrected chi connectivity index (χ2v) is 8.53. The predicted octanol–water partition coefficient (Wildman–Crippen LogP) is 3.26. The number of carbonyl (C=O) groups is 1. The Balaban J connectivity index is 1.25. The molecule has 6 nitrogen and oxygen atoms in total. The Morgan fingerprint density at radius 3 is 2.76 bits per heavy atom. The molecule has 29 heavy (non-hydrogen) atoms. The lowest BCUT2D eigenvalue weighted by molar-refractivity contribution is -0.139. The summed E-state index contributed by atoms with van der Waals surface area (Å²) in [4.78, 5) is 19.1. The molecule has 2 aromatic heterocycles. The van der Waals surface area contributed by atoms with Crippen LogP contribution in [0.1, 0.15) is 12.8 Å². The van der Waals surface area contributed by atoms with Gasteiger partial charge in [0.25, 0.3) is 0 Å². The average Bonchev–Trinajstić information content (AvgIpc) is 3.08. The number of hydrogen-bond donors (Lipinski definition) is 1. The van der Waals surface area contributed by atoms with Crippen molar-refractivity contribution >= 4 is 22.5 Å². The van der Waals surface area contributed by atoms with Crippen molar-refractivity contribution < 1.29 is 9.18 Å². The highest BCUT2D eigenvalue weighted by atomic mass is 19.1. The topological polar surface area (TPSA) is 63.1 Å². The Hall–Kier alpha value is -2.80. The zero-order valence-corrected chi connectivity index (χ0v) is 16.4. The van der Waals surface area contributed by atoms with E-state index in [-0.39, 0.29) is 23.9 Å². The summed E-state index contributed by atoms with van der Waals surface area (Å²) in [6, 6.07) is 8.10. The van der Waals surface area contributed by atoms with Gasteiger partial charge in [0.15, 0.2) is 0 Å². The summed E-state index contributed by atoms with van der Waals surface area (Å²) in [5, 5.41) is 9.27. The minimum atomic E-state index is -0.296. The Bertz CT molecular complexity index is 1060. The van der Waals surface area contributed by atoms with Crippen LogP contribution in [-0.2, 0) is 11.8 Å². The molecule has 0 radical (unpaired) electrons. The van der Waals surface area contributed by atoms with Gasteiger partial charge in [0.1, 0.15) is 12.5 Å². The van der Waals surface area contributed by atoms with Crippen molar-refractivity contribution in [2.75, 3.05) is 31.6 Å². The molecule has 1 aliphatic heterocycles. The molecule has 1 N–H and O–H groups in total.